The van der Waals surface area contributed by atoms with E-state index < -0.39 is 12.1 Å². The minimum absolute atomic E-state index is 0.502. The average molecular weight is 385 g/mol. The minimum Gasteiger partial charge on any atom is -0.467 e. The fourth-order valence-corrected chi connectivity index (χ4v) is 3.67. The van der Waals surface area contributed by atoms with Crippen LogP contribution >= 0.6 is 0 Å². The first kappa shape index (κ1) is 26.4. The fraction of sp³-hybridized carbons (Fsp3) is 0.958. The van der Waals surface area contributed by atoms with Gasteiger partial charge in [0.25, 0.3) is 0 Å². The Bertz CT molecular complexity index is 304. The lowest BCUT2D eigenvalue weighted by atomic mass is 10.0. The molecule has 0 aromatic heterocycles. The molecule has 0 amide bonds. The predicted octanol–water partition coefficient (Wildman–Crippen LogP) is 7.34. The molecule has 162 valence electrons. The third kappa shape index (κ3) is 20.0. The molecule has 0 heterocycles. The van der Waals surface area contributed by atoms with Gasteiger partial charge in [-0.15, -0.1) is 0 Å². The van der Waals surface area contributed by atoms with Gasteiger partial charge in [-0.1, -0.05) is 129 Å². The first-order valence-corrected chi connectivity index (χ1v) is 12.0. The van der Waals surface area contributed by atoms with Gasteiger partial charge in [-0.3, -0.25) is 0 Å². The lowest BCUT2D eigenvalue weighted by Gasteiger charge is -2.07. The van der Waals surface area contributed by atoms with Crippen molar-refractivity contribution in [2.45, 2.75) is 141 Å². The van der Waals surface area contributed by atoms with Gasteiger partial charge in [0.2, 0.25) is 0 Å². The molecule has 0 aliphatic heterocycles. The quantitative estimate of drug-likeness (QED) is 0.166. The average Bonchev–Trinajstić information content (AvgIpc) is 2.68. The van der Waals surface area contributed by atoms with Crippen LogP contribution in [0.5, 0.6) is 0 Å². The van der Waals surface area contributed by atoms with Crippen LogP contribution in [0.2, 0.25) is 0 Å². The maximum atomic E-state index is 11.1. The monoisotopic (exact) mass is 384 g/mol. The van der Waals surface area contributed by atoms with Gasteiger partial charge in [0.1, 0.15) is 0 Å². The van der Waals surface area contributed by atoms with Crippen LogP contribution in [0.3, 0.4) is 0 Å². The number of esters is 1. The Morgan fingerprint density at radius 2 is 0.926 bits per heavy atom. The van der Waals surface area contributed by atoms with E-state index in [1.165, 1.54) is 116 Å². The summed E-state index contributed by atoms with van der Waals surface area (Å²) in [5.74, 6) is -0.502. The standard InChI is InChI=1S/C24H48O3/c1-3-4-5-6-7-8-9-10-11-12-13-14-15-16-17-18-19-20-21-22-23(25)24(26)27-2/h23,25H,3-22H2,1-2H3/t23-/m0/s1. The number of rotatable bonds is 21. The number of hydrogen-bond donors (Lipinski definition) is 1. The highest BCUT2D eigenvalue weighted by molar-refractivity contribution is 5.74. The smallest absolute Gasteiger partial charge is 0.334 e. The van der Waals surface area contributed by atoms with Crippen molar-refractivity contribution in [3.8, 4) is 0 Å². The second kappa shape index (κ2) is 21.7. The number of methoxy groups -OCH3 is 1. The molecular weight excluding hydrogens is 336 g/mol. The number of aliphatic hydroxyl groups excluding tert-OH is 1. The van der Waals surface area contributed by atoms with E-state index in [0.29, 0.717) is 6.42 Å². The zero-order chi connectivity index (χ0) is 20.0. The third-order valence-electron chi connectivity index (χ3n) is 5.55. The highest BCUT2D eigenvalue weighted by atomic mass is 16.5. The Morgan fingerprint density at radius 1 is 0.630 bits per heavy atom. The third-order valence-corrected chi connectivity index (χ3v) is 5.55. The summed E-state index contributed by atoms with van der Waals surface area (Å²) in [6.45, 7) is 2.28. The van der Waals surface area contributed by atoms with Gasteiger partial charge in [-0.2, -0.15) is 0 Å². The van der Waals surface area contributed by atoms with Crippen molar-refractivity contribution in [3.63, 3.8) is 0 Å². The van der Waals surface area contributed by atoms with Crippen LogP contribution in [0.4, 0.5) is 0 Å². The van der Waals surface area contributed by atoms with E-state index in [2.05, 4.69) is 11.7 Å². The van der Waals surface area contributed by atoms with E-state index in [9.17, 15) is 9.90 Å². The summed E-state index contributed by atoms with van der Waals surface area (Å²) < 4.78 is 4.51. The van der Waals surface area contributed by atoms with Gasteiger partial charge in [0.05, 0.1) is 7.11 Å². The van der Waals surface area contributed by atoms with Gasteiger partial charge >= 0.3 is 5.97 Å². The lowest BCUT2D eigenvalue weighted by Crippen LogP contribution is -2.21. The zero-order valence-electron chi connectivity index (χ0n) is 18.5. The van der Waals surface area contributed by atoms with Crippen LogP contribution < -0.4 is 0 Å². The molecule has 3 nitrogen and oxygen atoms in total. The summed E-state index contributed by atoms with van der Waals surface area (Å²) in [6, 6.07) is 0. The second-order valence-electron chi connectivity index (χ2n) is 8.19. The normalized spacial score (nSPS) is 12.3. The van der Waals surface area contributed by atoms with Crippen LogP contribution in [-0.2, 0) is 9.53 Å². The summed E-state index contributed by atoms with van der Waals surface area (Å²) in [6.07, 6.45) is 25.3. The van der Waals surface area contributed by atoms with E-state index in [0.717, 1.165) is 12.8 Å². The van der Waals surface area contributed by atoms with Crippen LogP contribution in [0.1, 0.15) is 135 Å². The SMILES string of the molecule is CCCCCCCCCCCCCCCCCCCCC[C@H](O)C(=O)OC. The molecule has 0 bridgehead atoms. The summed E-state index contributed by atoms with van der Waals surface area (Å²) in [5.41, 5.74) is 0. The second-order valence-corrected chi connectivity index (χ2v) is 8.19. The molecule has 0 aromatic rings. The van der Waals surface area contributed by atoms with E-state index in [1.807, 2.05) is 0 Å². The molecular formula is C24H48O3. The molecule has 0 unspecified atom stereocenters. The molecule has 0 rings (SSSR count). The van der Waals surface area contributed by atoms with Crippen molar-refractivity contribution in [2.75, 3.05) is 7.11 Å². The largest absolute Gasteiger partial charge is 0.467 e. The lowest BCUT2D eigenvalue weighted by molar-refractivity contribution is -0.150. The van der Waals surface area contributed by atoms with E-state index >= 15 is 0 Å². The van der Waals surface area contributed by atoms with Crippen LogP contribution in [0.15, 0.2) is 0 Å². The maximum absolute atomic E-state index is 11.1. The van der Waals surface area contributed by atoms with Crippen molar-refractivity contribution in [1.82, 2.24) is 0 Å². The van der Waals surface area contributed by atoms with E-state index in [4.69, 9.17) is 0 Å². The summed E-state index contributed by atoms with van der Waals surface area (Å²) >= 11 is 0. The van der Waals surface area contributed by atoms with Crippen molar-refractivity contribution < 1.29 is 14.6 Å². The van der Waals surface area contributed by atoms with Crippen LogP contribution in [0, 0.1) is 0 Å². The van der Waals surface area contributed by atoms with E-state index in [-0.39, 0.29) is 0 Å². The number of ether oxygens (including phenoxy) is 1. The Morgan fingerprint density at radius 3 is 1.22 bits per heavy atom. The Hall–Kier alpha value is -0.570. The molecule has 3 heteroatoms. The highest BCUT2D eigenvalue weighted by Crippen LogP contribution is 2.15. The van der Waals surface area contributed by atoms with Gasteiger partial charge < -0.3 is 9.84 Å². The van der Waals surface area contributed by atoms with Gasteiger partial charge in [-0.05, 0) is 6.42 Å². The molecule has 0 saturated carbocycles. The number of aliphatic hydroxyl groups is 1. The first-order chi connectivity index (χ1) is 13.2. The maximum Gasteiger partial charge on any atom is 0.334 e. The molecule has 1 N–H and O–H groups in total. The predicted molar refractivity (Wildman–Crippen MR) is 116 cm³/mol. The zero-order valence-corrected chi connectivity index (χ0v) is 18.5. The summed E-state index contributed by atoms with van der Waals surface area (Å²) in [5, 5.41) is 9.49. The van der Waals surface area contributed by atoms with Crippen molar-refractivity contribution in [2.24, 2.45) is 0 Å². The molecule has 0 spiro atoms. The molecule has 0 aliphatic carbocycles. The molecule has 0 aromatic carbocycles. The number of hydrogen-bond acceptors (Lipinski definition) is 3. The van der Waals surface area contributed by atoms with Gasteiger partial charge in [-0.25, -0.2) is 4.79 Å². The molecule has 27 heavy (non-hydrogen) atoms. The van der Waals surface area contributed by atoms with Crippen molar-refractivity contribution in [3.05, 3.63) is 0 Å². The molecule has 0 aliphatic rings. The van der Waals surface area contributed by atoms with Crippen molar-refractivity contribution in [1.29, 1.82) is 0 Å². The minimum atomic E-state index is -0.930. The number of carbonyl (C=O) groups is 1. The number of unbranched alkanes of at least 4 members (excludes halogenated alkanes) is 18. The van der Waals surface area contributed by atoms with Crippen LogP contribution in [-0.4, -0.2) is 24.3 Å². The highest BCUT2D eigenvalue weighted by Gasteiger charge is 2.13. The molecule has 1 atom stereocenters. The summed E-state index contributed by atoms with van der Waals surface area (Å²) in [7, 11) is 1.32. The van der Waals surface area contributed by atoms with Crippen LogP contribution in [0.25, 0.3) is 0 Å². The molecule has 0 radical (unpaired) electrons. The van der Waals surface area contributed by atoms with Gasteiger partial charge in [0, 0.05) is 0 Å². The Labute approximate surface area is 169 Å². The van der Waals surface area contributed by atoms with E-state index in [1.54, 1.807) is 0 Å². The topological polar surface area (TPSA) is 46.5 Å². The molecule has 0 saturated heterocycles. The first-order valence-electron chi connectivity index (χ1n) is 12.0. The fourth-order valence-electron chi connectivity index (χ4n) is 3.67. The van der Waals surface area contributed by atoms with Gasteiger partial charge in [0.15, 0.2) is 6.10 Å². The Kier molecular flexibility index (Phi) is 21.3. The number of carbonyl (C=O) groups excluding carboxylic acids is 1. The Balaban J connectivity index is 3.08. The van der Waals surface area contributed by atoms with Crippen molar-refractivity contribution >= 4 is 5.97 Å². The summed E-state index contributed by atoms with van der Waals surface area (Å²) in [4.78, 5) is 11.1. The molecule has 0 fully saturated rings.